The maximum atomic E-state index is 11.0. The van der Waals surface area contributed by atoms with Crippen LogP contribution >= 0.6 is 11.8 Å². The highest BCUT2D eigenvalue weighted by molar-refractivity contribution is 7.98. The Morgan fingerprint density at radius 2 is 2.32 bits per heavy atom. The minimum absolute atomic E-state index is 0.0642. The van der Waals surface area contributed by atoms with Gasteiger partial charge in [0.05, 0.1) is 4.92 Å². The van der Waals surface area contributed by atoms with E-state index in [-0.39, 0.29) is 5.69 Å². The van der Waals surface area contributed by atoms with Gasteiger partial charge in [0.1, 0.15) is 6.20 Å². The van der Waals surface area contributed by atoms with E-state index >= 15 is 0 Å². The molecule has 1 rings (SSSR count). The van der Waals surface area contributed by atoms with Crippen LogP contribution in [0.15, 0.2) is 6.20 Å². The Morgan fingerprint density at radius 1 is 1.58 bits per heavy atom. The topological polar surface area (TPSA) is 84.2 Å². The molecule has 1 aromatic rings. The van der Waals surface area contributed by atoms with Crippen LogP contribution in [0, 0.1) is 10.1 Å². The third-order valence-corrected chi connectivity index (χ3v) is 3.06. The lowest BCUT2D eigenvalue weighted by Gasteiger charge is -2.17. The second kappa shape index (κ2) is 7.78. The van der Waals surface area contributed by atoms with E-state index < -0.39 is 4.92 Å². The highest BCUT2D eigenvalue weighted by Gasteiger charge is 2.20. The largest absolute Gasteiger partial charge is 0.354 e. The number of nitrogens with one attached hydrogen (secondary N) is 1. The Morgan fingerprint density at radius 3 is 2.89 bits per heavy atom. The van der Waals surface area contributed by atoms with Crippen molar-refractivity contribution >= 4 is 29.2 Å². The van der Waals surface area contributed by atoms with Crippen molar-refractivity contribution in [2.75, 3.05) is 42.4 Å². The van der Waals surface area contributed by atoms with E-state index in [4.69, 9.17) is 0 Å². The number of nitrogens with zero attached hydrogens (tertiary/aromatic N) is 4. The number of thioether (sulfide) groups is 1. The zero-order valence-corrected chi connectivity index (χ0v) is 12.2. The van der Waals surface area contributed by atoms with E-state index in [1.54, 1.807) is 23.7 Å². The standard InChI is InChI=1S/C11H19N5O2S/c1-4-5-12-11-13-8-9(16(17)18)10(14-11)15(2)6-7-19-3/h8H,4-7H2,1-3H3,(H,12,13,14). The SMILES string of the molecule is CCCNc1ncc([N+](=O)[O-])c(N(C)CCSC)n1. The van der Waals surface area contributed by atoms with Crippen molar-refractivity contribution < 1.29 is 4.92 Å². The second-order valence-electron chi connectivity index (χ2n) is 4.00. The lowest BCUT2D eigenvalue weighted by molar-refractivity contribution is -0.384. The zero-order chi connectivity index (χ0) is 14.3. The first kappa shape index (κ1) is 15.5. The minimum Gasteiger partial charge on any atom is -0.354 e. The maximum Gasteiger partial charge on any atom is 0.329 e. The fourth-order valence-corrected chi connectivity index (χ4v) is 1.89. The molecule has 1 heterocycles. The lowest BCUT2D eigenvalue weighted by Crippen LogP contribution is -2.23. The first-order valence-electron chi connectivity index (χ1n) is 6.05. The van der Waals surface area contributed by atoms with Gasteiger partial charge in [-0.15, -0.1) is 0 Å². The molecular weight excluding hydrogens is 266 g/mol. The van der Waals surface area contributed by atoms with Crippen LogP contribution in [0.2, 0.25) is 0 Å². The molecule has 1 aromatic heterocycles. The van der Waals surface area contributed by atoms with Gasteiger partial charge in [-0.1, -0.05) is 6.92 Å². The molecule has 0 saturated heterocycles. The van der Waals surface area contributed by atoms with Crippen molar-refractivity contribution in [2.24, 2.45) is 0 Å². The Bertz CT molecular complexity index is 430. The summed E-state index contributed by atoms with van der Waals surface area (Å²) in [5.41, 5.74) is -0.0642. The zero-order valence-electron chi connectivity index (χ0n) is 11.4. The van der Waals surface area contributed by atoms with Crippen LogP contribution in [0.3, 0.4) is 0 Å². The lowest BCUT2D eigenvalue weighted by atomic mass is 10.4. The molecule has 0 aliphatic rings. The summed E-state index contributed by atoms with van der Waals surface area (Å²) < 4.78 is 0. The number of nitro groups is 1. The summed E-state index contributed by atoms with van der Waals surface area (Å²) >= 11 is 1.69. The monoisotopic (exact) mass is 285 g/mol. The highest BCUT2D eigenvalue weighted by Crippen LogP contribution is 2.25. The van der Waals surface area contributed by atoms with Gasteiger partial charge < -0.3 is 10.2 Å². The van der Waals surface area contributed by atoms with E-state index in [2.05, 4.69) is 15.3 Å². The summed E-state index contributed by atoms with van der Waals surface area (Å²) in [4.78, 5) is 20.5. The third-order valence-electron chi connectivity index (χ3n) is 2.47. The molecule has 0 saturated carbocycles. The molecule has 0 bridgehead atoms. The van der Waals surface area contributed by atoms with Crippen LogP contribution in [-0.2, 0) is 0 Å². The summed E-state index contributed by atoms with van der Waals surface area (Å²) in [6.07, 6.45) is 4.20. The molecule has 0 fully saturated rings. The van der Waals surface area contributed by atoms with Crippen LogP contribution < -0.4 is 10.2 Å². The molecule has 0 aromatic carbocycles. The summed E-state index contributed by atoms with van der Waals surface area (Å²) in [5, 5.41) is 14.0. The van der Waals surface area contributed by atoms with Gasteiger partial charge in [-0.05, 0) is 12.7 Å². The smallest absolute Gasteiger partial charge is 0.329 e. The van der Waals surface area contributed by atoms with Crippen LogP contribution in [0.1, 0.15) is 13.3 Å². The molecule has 0 aliphatic carbocycles. The Kier molecular flexibility index (Phi) is 6.34. The highest BCUT2D eigenvalue weighted by atomic mass is 32.2. The quantitative estimate of drug-likeness (QED) is 0.577. The van der Waals surface area contributed by atoms with Gasteiger partial charge in [-0.25, -0.2) is 4.98 Å². The number of anilines is 2. The van der Waals surface area contributed by atoms with Crippen LogP contribution in [-0.4, -0.2) is 47.0 Å². The Hall–Kier alpha value is -1.57. The molecular formula is C11H19N5O2S. The van der Waals surface area contributed by atoms with Gasteiger partial charge in [0.15, 0.2) is 0 Å². The van der Waals surface area contributed by atoms with Gasteiger partial charge in [-0.3, -0.25) is 10.1 Å². The normalized spacial score (nSPS) is 10.3. The van der Waals surface area contributed by atoms with Crippen LogP contribution in [0.4, 0.5) is 17.5 Å². The minimum atomic E-state index is -0.450. The summed E-state index contributed by atoms with van der Waals surface area (Å²) in [6, 6.07) is 0. The molecule has 0 spiro atoms. The van der Waals surface area contributed by atoms with Gasteiger partial charge in [0.2, 0.25) is 11.8 Å². The Labute approximate surface area is 117 Å². The van der Waals surface area contributed by atoms with Crippen molar-refractivity contribution in [3.05, 3.63) is 16.3 Å². The van der Waals surface area contributed by atoms with E-state index in [1.807, 2.05) is 13.2 Å². The van der Waals surface area contributed by atoms with Crippen molar-refractivity contribution in [3.8, 4) is 0 Å². The number of rotatable bonds is 8. The molecule has 7 nitrogen and oxygen atoms in total. The molecule has 1 N–H and O–H groups in total. The average molecular weight is 285 g/mol. The van der Waals surface area contributed by atoms with Gasteiger partial charge in [0, 0.05) is 25.9 Å². The Balaban J connectivity index is 2.97. The van der Waals surface area contributed by atoms with E-state index in [0.29, 0.717) is 18.3 Å². The predicted octanol–water partition coefficient (Wildman–Crippen LogP) is 2.01. The van der Waals surface area contributed by atoms with Gasteiger partial charge in [0.25, 0.3) is 0 Å². The molecule has 19 heavy (non-hydrogen) atoms. The van der Waals surface area contributed by atoms with Gasteiger partial charge in [-0.2, -0.15) is 16.7 Å². The number of hydrogen-bond donors (Lipinski definition) is 1. The maximum absolute atomic E-state index is 11.0. The molecule has 0 amide bonds. The van der Waals surface area contributed by atoms with Crippen molar-refractivity contribution in [3.63, 3.8) is 0 Å². The fraction of sp³-hybridized carbons (Fsp3) is 0.636. The van der Waals surface area contributed by atoms with E-state index in [1.165, 1.54) is 6.20 Å². The second-order valence-corrected chi connectivity index (χ2v) is 4.99. The third kappa shape index (κ3) is 4.55. The van der Waals surface area contributed by atoms with Crippen molar-refractivity contribution in [2.45, 2.75) is 13.3 Å². The fourth-order valence-electron chi connectivity index (χ4n) is 1.43. The summed E-state index contributed by atoms with van der Waals surface area (Å²) in [6.45, 7) is 3.47. The number of aromatic nitrogens is 2. The molecule has 0 aliphatic heterocycles. The average Bonchev–Trinajstić information content (AvgIpc) is 2.41. The molecule has 106 valence electrons. The molecule has 0 unspecified atom stereocenters. The van der Waals surface area contributed by atoms with Crippen molar-refractivity contribution in [1.29, 1.82) is 0 Å². The van der Waals surface area contributed by atoms with Gasteiger partial charge >= 0.3 is 5.69 Å². The van der Waals surface area contributed by atoms with Crippen LogP contribution in [0.5, 0.6) is 0 Å². The number of hydrogen-bond acceptors (Lipinski definition) is 7. The molecule has 0 radical (unpaired) electrons. The first-order chi connectivity index (χ1) is 9.10. The first-order valence-corrected chi connectivity index (χ1v) is 7.44. The summed E-state index contributed by atoms with van der Waals surface area (Å²) in [5.74, 6) is 1.67. The van der Waals surface area contributed by atoms with Crippen molar-refractivity contribution in [1.82, 2.24) is 9.97 Å². The predicted molar refractivity (Wildman–Crippen MR) is 79.1 cm³/mol. The summed E-state index contributed by atoms with van der Waals surface area (Å²) in [7, 11) is 1.80. The van der Waals surface area contributed by atoms with Crippen LogP contribution in [0.25, 0.3) is 0 Å². The van der Waals surface area contributed by atoms with E-state index in [0.717, 1.165) is 18.7 Å². The van der Waals surface area contributed by atoms with E-state index in [9.17, 15) is 10.1 Å². The molecule has 8 heteroatoms. The molecule has 0 atom stereocenters.